The van der Waals surface area contributed by atoms with Crippen LogP contribution in [-0.2, 0) is 0 Å². The monoisotopic (exact) mass is 253 g/mol. The van der Waals surface area contributed by atoms with E-state index in [2.05, 4.69) is 34.4 Å². The highest BCUT2D eigenvalue weighted by atomic mass is 32.1. The highest BCUT2D eigenvalue weighted by Gasteiger charge is 2.19. The first-order valence-electron chi connectivity index (χ1n) is 6.64. The third-order valence-corrected chi connectivity index (χ3v) is 4.47. The number of hydrogen-bond donors (Lipinski definition) is 1. The zero-order valence-corrected chi connectivity index (χ0v) is 11.7. The quantitative estimate of drug-likeness (QED) is 0.892. The van der Waals surface area contributed by atoms with E-state index in [0.29, 0.717) is 12.0 Å². The maximum Gasteiger partial charge on any atom is 0.0965 e. The molecule has 1 aromatic rings. The lowest BCUT2D eigenvalue weighted by atomic mass is 10.1. The van der Waals surface area contributed by atoms with Crippen LogP contribution in [0.3, 0.4) is 0 Å². The second-order valence-corrected chi connectivity index (χ2v) is 5.87. The molecule has 0 amide bonds. The molecule has 1 aliphatic heterocycles. The van der Waals surface area contributed by atoms with Gasteiger partial charge >= 0.3 is 0 Å². The number of aromatic nitrogens is 1. The molecular weight excluding hydrogens is 230 g/mol. The molecular formula is C13H23N3S. The standard InChI is InChI=1S/C13H23N3S/c1-3-12-10-16(7-4-5-14-12)9-11(2)13-15-6-8-17-13/h6,8,11-12,14H,3-5,7,9-10H2,1-2H3. The van der Waals surface area contributed by atoms with E-state index in [1.165, 1.54) is 37.5 Å². The molecule has 0 aliphatic carbocycles. The van der Waals surface area contributed by atoms with Gasteiger partial charge in [-0.15, -0.1) is 11.3 Å². The van der Waals surface area contributed by atoms with Gasteiger partial charge in [0.25, 0.3) is 0 Å². The van der Waals surface area contributed by atoms with Crippen molar-refractivity contribution in [1.82, 2.24) is 15.2 Å². The molecule has 1 aliphatic rings. The molecule has 0 aromatic carbocycles. The molecule has 0 radical (unpaired) electrons. The Hall–Kier alpha value is -0.450. The van der Waals surface area contributed by atoms with Crippen molar-refractivity contribution in [3.8, 4) is 0 Å². The highest BCUT2D eigenvalue weighted by Crippen LogP contribution is 2.19. The molecule has 4 heteroatoms. The van der Waals surface area contributed by atoms with Crippen LogP contribution >= 0.6 is 11.3 Å². The van der Waals surface area contributed by atoms with Crippen LogP contribution in [0, 0.1) is 0 Å². The summed E-state index contributed by atoms with van der Waals surface area (Å²) in [5, 5.41) is 6.96. The van der Waals surface area contributed by atoms with Crippen molar-refractivity contribution in [2.24, 2.45) is 0 Å². The first kappa shape index (κ1) is 13.0. The van der Waals surface area contributed by atoms with E-state index in [1.807, 2.05) is 6.20 Å². The van der Waals surface area contributed by atoms with E-state index in [1.54, 1.807) is 11.3 Å². The van der Waals surface area contributed by atoms with Gasteiger partial charge in [0.2, 0.25) is 0 Å². The third kappa shape index (κ3) is 3.76. The Kier molecular flexibility index (Phi) is 4.95. The molecule has 96 valence electrons. The minimum Gasteiger partial charge on any atom is -0.313 e. The fourth-order valence-electron chi connectivity index (χ4n) is 2.46. The van der Waals surface area contributed by atoms with Gasteiger partial charge in [-0.2, -0.15) is 0 Å². The molecule has 1 saturated heterocycles. The van der Waals surface area contributed by atoms with Gasteiger partial charge in [0.15, 0.2) is 0 Å². The average Bonchev–Trinajstić information content (AvgIpc) is 2.77. The second kappa shape index (κ2) is 6.47. The van der Waals surface area contributed by atoms with E-state index in [4.69, 9.17) is 0 Å². The van der Waals surface area contributed by atoms with E-state index in [9.17, 15) is 0 Å². The molecule has 0 spiro atoms. The number of rotatable bonds is 4. The van der Waals surface area contributed by atoms with Crippen LogP contribution in [0.4, 0.5) is 0 Å². The Morgan fingerprint density at radius 3 is 3.24 bits per heavy atom. The van der Waals surface area contributed by atoms with Gasteiger partial charge in [0.1, 0.15) is 0 Å². The minimum absolute atomic E-state index is 0.561. The summed E-state index contributed by atoms with van der Waals surface area (Å²) in [6.45, 7) is 9.28. The molecule has 1 fully saturated rings. The molecule has 1 N–H and O–H groups in total. The topological polar surface area (TPSA) is 28.2 Å². The molecule has 0 bridgehead atoms. The minimum atomic E-state index is 0.561. The summed E-state index contributed by atoms with van der Waals surface area (Å²) in [7, 11) is 0. The second-order valence-electron chi connectivity index (χ2n) is 4.94. The average molecular weight is 253 g/mol. The van der Waals surface area contributed by atoms with Crippen LogP contribution < -0.4 is 5.32 Å². The zero-order valence-electron chi connectivity index (χ0n) is 10.9. The Bertz CT molecular complexity index is 312. The lowest BCUT2D eigenvalue weighted by Gasteiger charge is -2.25. The van der Waals surface area contributed by atoms with Gasteiger partial charge in [-0.25, -0.2) is 4.98 Å². The van der Waals surface area contributed by atoms with Gasteiger partial charge in [-0.3, -0.25) is 0 Å². The molecule has 1 aromatic heterocycles. The maximum atomic E-state index is 4.42. The number of nitrogens with zero attached hydrogens (tertiary/aromatic N) is 2. The van der Waals surface area contributed by atoms with Crippen LogP contribution in [0.1, 0.15) is 37.6 Å². The first-order chi connectivity index (χ1) is 8.29. The van der Waals surface area contributed by atoms with Gasteiger partial charge in [-0.05, 0) is 25.9 Å². The molecule has 17 heavy (non-hydrogen) atoms. The summed E-state index contributed by atoms with van der Waals surface area (Å²) in [4.78, 5) is 7.02. The molecule has 2 unspecified atom stereocenters. The van der Waals surface area contributed by atoms with Crippen molar-refractivity contribution in [2.45, 2.75) is 38.6 Å². The predicted molar refractivity (Wildman–Crippen MR) is 73.7 cm³/mol. The molecule has 2 atom stereocenters. The SMILES string of the molecule is CCC1CN(CC(C)c2nccs2)CCCN1. The molecule has 2 rings (SSSR count). The number of thiazole rings is 1. The van der Waals surface area contributed by atoms with E-state index in [0.717, 1.165) is 6.54 Å². The van der Waals surface area contributed by atoms with Crippen molar-refractivity contribution in [3.05, 3.63) is 16.6 Å². The van der Waals surface area contributed by atoms with E-state index in [-0.39, 0.29) is 0 Å². The maximum absolute atomic E-state index is 4.42. The lowest BCUT2D eigenvalue weighted by Crippen LogP contribution is -2.38. The first-order valence-corrected chi connectivity index (χ1v) is 7.52. The Labute approximate surface area is 108 Å². The van der Waals surface area contributed by atoms with Crippen molar-refractivity contribution in [1.29, 1.82) is 0 Å². The van der Waals surface area contributed by atoms with Crippen molar-refractivity contribution < 1.29 is 0 Å². The predicted octanol–water partition coefficient (Wildman–Crippen LogP) is 2.32. The Morgan fingerprint density at radius 1 is 1.65 bits per heavy atom. The van der Waals surface area contributed by atoms with Crippen molar-refractivity contribution >= 4 is 11.3 Å². The fraction of sp³-hybridized carbons (Fsp3) is 0.769. The van der Waals surface area contributed by atoms with Gasteiger partial charge < -0.3 is 10.2 Å². The normalized spacial score (nSPS) is 24.5. The Morgan fingerprint density at radius 2 is 2.53 bits per heavy atom. The van der Waals surface area contributed by atoms with E-state index >= 15 is 0 Å². The smallest absolute Gasteiger partial charge is 0.0965 e. The number of hydrogen-bond acceptors (Lipinski definition) is 4. The van der Waals surface area contributed by atoms with E-state index < -0.39 is 0 Å². The molecule has 0 saturated carbocycles. The van der Waals surface area contributed by atoms with Gasteiger partial charge in [0, 0.05) is 36.6 Å². The fourth-order valence-corrected chi connectivity index (χ4v) is 3.15. The van der Waals surface area contributed by atoms with Crippen molar-refractivity contribution in [2.75, 3.05) is 26.2 Å². The van der Waals surface area contributed by atoms with Crippen LogP contribution in [-0.4, -0.2) is 42.1 Å². The molecule has 2 heterocycles. The largest absolute Gasteiger partial charge is 0.313 e. The summed E-state index contributed by atoms with van der Waals surface area (Å²) in [5.41, 5.74) is 0. The number of nitrogens with one attached hydrogen (secondary N) is 1. The highest BCUT2D eigenvalue weighted by molar-refractivity contribution is 7.09. The summed E-state index contributed by atoms with van der Waals surface area (Å²) in [5.74, 6) is 0.561. The lowest BCUT2D eigenvalue weighted by molar-refractivity contribution is 0.253. The summed E-state index contributed by atoms with van der Waals surface area (Å²) in [6, 6.07) is 0.668. The van der Waals surface area contributed by atoms with Crippen LogP contribution in [0.25, 0.3) is 0 Å². The third-order valence-electron chi connectivity index (χ3n) is 3.46. The summed E-state index contributed by atoms with van der Waals surface area (Å²) in [6.07, 6.45) is 4.40. The van der Waals surface area contributed by atoms with Gasteiger partial charge in [0.05, 0.1) is 5.01 Å². The van der Waals surface area contributed by atoms with Crippen LogP contribution in [0.5, 0.6) is 0 Å². The van der Waals surface area contributed by atoms with Gasteiger partial charge in [-0.1, -0.05) is 13.8 Å². The zero-order chi connectivity index (χ0) is 12.1. The summed E-state index contributed by atoms with van der Waals surface area (Å²) >= 11 is 1.78. The van der Waals surface area contributed by atoms with Crippen molar-refractivity contribution in [3.63, 3.8) is 0 Å². The Balaban J connectivity index is 1.88. The molecule has 3 nitrogen and oxygen atoms in total. The van der Waals surface area contributed by atoms with Crippen LogP contribution in [0.2, 0.25) is 0 Å². The van der Waals surface area contributed by atoms with Crippen LogP contribution in [0.15, 0.2) is 11.6 Å². The summed E-state index contributed by atoms with van der Waals surface area (Å²) < 4.78 is 0.